The molecule has 0 spiro atoms. The summed E-state index contributed by atoms with van der Waals surface area (Å²) in [4.78, 5) is 11.3. The second-order valence-corrected chi connectivity index (χ2v) is 6.99. The molecule has 0 radical (unpaired) electrons. The van der Waals surface area contributed by atoms with Crippen molar-refractivity contribution in [3.8, 4) is 0 Å². The van der Waals surface area contributed by atoms with Gasteiger partial charge in [0.25, 0.3) is 0 Å². The highest BCUT2D eigenvalue weighted by Gasteiger charge is 2.31. The number of piperidine rings is 1. The number of nitrogens with zero attached hydrogens (tertiary/aromatic N) is 1. The number of esters is 1. The van der Waals surface area contributed by atoms with Crippen LogP contribution in [0.2, 0.25) is 0 Å². The number of rotatable bonds is 3. The third kappa shape index (κ3) is 3.37. The van der Waals surface area contributed by atoms with Gasteiger partial charge in [-0.15, -0.1) is 0 Å². The average Bonchev–Trinajstić information content (AvgIpc) is 2.39. The Kier molecular flexibility index (Phi) is 4.45. The summed E-state index contributed by atoms with van der Waals surface area (Å²) >= 11 is 0. The second kappa shape index (κ2) is 5.93. The Hall–Kier alpha value is -1.40. The molecule has 1 unspecified atom stereocenters. The Labute approximate surface area is 119 Å². The second-order valence-electron chi connectivity index (χ2n) is 5.05. The van der Waals surface area contributed by atoms with Gasteiger partial charge in [-0.2, -0.15) is 4.31 Å². The van der Waals surface area contributed by atoms with E-state index in [0.717, 1.165) is 5.56 Å². The van der Waals surface area contributed by atoms with E-state index in [-0.39, 0.29) is 23.5 Å². The highest BCUT2D eigenvalue weighted by atomic mass is 32.2. The molecule has 1 fully saturated rings. The third-order valence-electron chi connectivity index (χ3n) is 3.33. The Morgan fingerprint density at radius 2 is 1.95 bits per heavy atom. The molecule has 1 saturated heterocycles. The molecule has 0 aliphatic carbocycles. The smallest absolute Gasteiger partial charge is 0.302 e. The number of aryl methyl sites for hydroxylation is 1. The maximum absolute atomic E-state index is 12.5. The number of carbonyl (C=O) groups excluding carboxylic acids is 1. The van der Waals surface area contributed by atoms with Gasteiger partial charge in [-0.3, -0.25) is 4.79 Å². The normalized spacial score (nSPS) is 20.6. The van der Waals surface area contributed by atoms with E-state index < -0.39 is 10.0 Å². The lowest BCUT2D eigenvalue weighted by Gasteiger charge is -2.31. The fraction of sp³-hybridized carbons (Fsp3) is 0.500. The van der Waals surface area contributed by atoms with Crippen LogP contribution in [0.1, 0.15) is 25.3 Å². The van der Waals surface area contributed by atoms with Crippen LogP contribution in [0.15, 0.2) is 29.2 Å². The third-order valence-corrected chi connectivity index (χ3v) is 5.21. The highest BCUT2D eigenvalue weighted by molar-refractivity contribution is 7.89. The molecule has 2 rings (SSSR count). The molecular weight excluding hydrogens is 278 g/mol. The molecule has 0 aromatic heterocycles. The van der Waals surface area contributed by atoms with E-state index in [2.05, 4.69) is 0 Å². The summed E-state index contributed by atoms with van der Waals surface area (Å²) in [5.74, 6) is -0.371. The highest BCUT2D eigenvalue weighted by Crippen LogP contribution is 2.22. The van der Waals surface area contributed by atoms with Gasteiger partial charge in [-0.25, -0.2) is 8.42 Å². The Bertz CT molecular complexity index is 580. The zero-order valence-electron chi connectivity index (χ0n) is 11.7. The number of hydrogen-bond acceptors (Lipinski definition) is 4. The van der Waals surface area contributed by atoms with Crippen LogP contribution >= 0.6 is 0 Å². The molecule has 1 aromatic carbocycles. The molecule has 6 heteroatoms. The Balaban J connectivity index is 2.16. The van der Waals surface area contributed by atoms with Crippen molar-refractivity contribution < 1.29 is 17.9 Å². The lowest BCUT2D eigenvalue weighted by molar-refractivity contribution is -0.147. The monoisotopic (exact) mass is 297 g/mol. The fourth-order valence-corrected chi connectivity index (χ4v) is 3.82. The van der Waals surface area contributed by atoms with E-state index in [1.807, 2.05) is 6.92 Å². The summed E-state index contributed by atoms with van der Waals surface area (Å²) in [5.41, 5.74) is 1.01. The Morgan fingerprint density at radius 3 is 2.55 bits per heavy atom. The van der Waals surface area contributed by atoms with Gasteiger partial charge in [0.15, 0.2) is 0 Å². The van der Waals surface area contributed by atoms with E-state index in [1.165, 1.54) is 11.2 Å². The summed E-state index contributed by atoms with van der Waals surface area (Å²) in [5, 5.41) is 0. The maximum atomic E-state index is 12.5. The summed E-state index contributed by atoms with van der Waals surface area (Å²) in [6.07, 6.45) is 1.06. The quantitative estimate of drug-likeness (QED) is 0.797. The van der Waals surface area contributed by atoms with Gasteiger partial charge in [0, 0.05) is 13.5 Å². The van der Waals surface area contributed by atoms with Crippen LogP contribution in [0, 0.1) is 6.92 Å². The predicted octanol–water partition coefficient (Wildman–Crippen LogP) is 1.71. The van der Waals surface area contributed by atoms with Crippen molar-refractivity contribution in [2.75, 3.05) is 13.1 Å². The molecule has 0 N–H and O–H groups in total. The molecule has 1 aromatic rings. The minimum atomic E-state index is -3.51. The first kappa shape index (κ1) is 15.0. The lowest BCUT2D eigenvalue weighted by Crippen LogP contribution is -2.43. The van der Waals surface area contributed by atoms with Crippen LogP contribution in [-0.4, -0.2) is 37.9 Å². The minimum Gasteiger partial charge on any atom is -0.461 e. The van der Waals surface area contributed by atoms with Crippen LogP contribution in [-0.2, 0) is 19.6 Å². The SMILES string of the molecule is CC(=O)OC1CCCN(S(=O)(=O)c2ccc(C)cc2)C1. The number of hydrogen-bond donors (Lipinski definition) is 0. The summed E-state index contributed by atoms with van der Waals surface area (Å²) in [7, 11) is -3.51. The predicted molar refractivity (Wildman–Crippen MR) is 74.7 cm³/mol. The van der Waals surface area contributed by atoms with Gasteiger partial charge in [0.2, 0.25) is 10.0 Å². The summed E-state index contributed by atoms with van der Waals surface area (Å²) < 4.78 is 31.6. The van der Waals surface area contributed by atoms with E-state index >= 15 is 0 Å². The standard InChI is InChI=1S/C14H19NO4S/c1-11-5-7-14(8-6-11)20(17,18)15-9-3-4-13(10-15)19-12(2)16/h5-8,13H,3-4,9-10H2,1-2H3. The van der Waals surface area contributed by atoms with Crippen molar-refractivity contribution in [2.45, 2.75) is 37.7 Å². The Morgan fingerprint density at radius 1 is 1.30 bits per heavy atom. The molecule has 1 aliphatic heterocycles. The molecule has 20 heavy (non-hydrogen) atoms. The molecule has 1 heterocycles. The van der Waals surface area contributed by atoms with Crippen molar-refractivity contribution in [1.82, 2.24) is 4.31 Å². The van der Waals surface area contributed by atoms with Gasteiger partial charge in [0.1, 0.15) is 6.10 Å². The van der Waals surface area contributed by atoms with E-state index in [1.54, 1.807) is 24.3 Å². The summed E-state index contributed by atoms with van der Waals surface area (Å²) in [6, 6.07) is 6.78. The minimum absolute atomic E-state index is 0.232. The van der Waals surface area contributed by atoms with Crippen LogP contribution in [0.25, 0.3) is 0 Å². The van der Waals surface area contributed by atoms with Gasteiger partial charge in [-0.1, -0.05) is 17.7 Å². The fourth-order valence-electron chi connectivity index (χ4n) is 2.31. The maximum Gasteiger partial charge on any atom is 0.302 e. The van der Waals surface area contributed by atoms with Crippen molar-refractivity contribution in [2.24, 2.45) is 0 Å². The van der Waals surface area contributed by atoms with Gasteiger partial charge >= 0.3 is 5.97 Å². The largest absolute Gasteiger partial charge is 0.461 e. The molecule has 0 amide bonds. The van der Waals surface area contributed by atoms with Crippen LogP contribution < -0.4 is 0 Å². The topological polar surface area (TPSA) is 63.7 Å². The first-order chi connectivity index (χ1) is 9.39. The van der Waals surface area contributed by atoms with Crippen LogP contribution in [0.5, 0.6) is 0 Å². The zero-order valence-corrected chi connectivity index (χ0v) is 12.5. The average molecular weight is 297 g/mol. The number of sulfonamides is 1. The number of carbonyl (C=O) groups is 1. The number of benzene rings is 1. The van der Waals surface area contributed by atoms with E-state index in [0.29, 0.717) is 19.4 Å². The van der Waals surface area contributed by atoms with Gasteiger partial charge in [0.05, 0.1) is 11.4 Å². The summed E-state index contributed by atoms with van der Waals surface area (Å²) in [6.45, 7) is 3.95. The zero-order chi connectivity index (χ0) is 14.8. The van der Waals surface area contributed by atoms with E-state index in [4.69, 9.17) is 4.74 Å². The van der Waals surface area contributed by atoms with Crippen molar-refractivity contribution in [3.05, 3.63) is 29.8 Å². The van der Waals surface area contributed by atoms with Gasteiger partial charge < -0.3 is 4.74 Å². The lowest BCUT2D eigenvalue weighted by atomic mass is 10.1. The first-order valence-electron chi connectivity index (χ1n) is 6.63. The van der Waals surface area contributed by atoms with Crippen LogP contribution in [0.3, 0.4) is 0 Å². The van der Waals surface area contributed by atoms with Crippen molar-refractivity contribution in [1.29, 1.82) is 0 Å². The molecule has 1 atom stereocenters. The van der Waals surface area contributed by atoms with E-state index in [9.17, 15) is 13.2 Å². The molecular formula is C14H19NO4S. The molecule has 1 aliphatic rings. The van der Waals surface area contributed by atoms with Crippen LogP contribution in [0.4, 0.5) is 0 Å². The molecule has 0 bridgehead atoms. The first-order valence-corrected chi connectivity index (χ1v) is 8.07. The molecule has 5 nitrogen and oxygen atoms in total. The molecule has 0 saturated carbocycles. The van der Waals surface area contributed by atoms with Gasteiger partial charge in [-0.05, 0) is 31.9 Å². The van der Waals surface area contributed by atoms with Crippen molar-refractivity contribution >= 4 is 16.0 Å². The molecule has 110 valence electrons. The number of ether oxygens (including phenoxy) is 1. The van der Waals surface area contributed by atoms with Crippen molar-refractivity contribution in [3.63, 3.8) is 0 Å².